The molecular weight excluding hydrogens is 217 g/mol. The van der Waals surface area contributed by atoms with Crippen LogP contribution in [0.3, 0.4) is 0 Å². The number of hydrogen-bond donors (Lipinski definition) is 1. The Bertz CT molecular complexity index is 505. The van der Waals surface area contributed by atoms with E-state index in [1.165, 1.54) is 6.07 Å². The summed E-state index contributed by atoms with van der Waals surface area (Å²) in [5.74, 6) is 0.586. The molecule has 17 heavy (non-hydrogen) atoms. The van der Waals surface area contributed by atoms with E-state index in [1.807, 2.05) is 24.7 Å². The van der Waals surface area contributed by atoms with Gasteiger partial charge in [0.05, 0.1) is 0 Å². The van der Waals surface area contributed by atoms with Crippen LogP contribution in [-0.2, 0) is 13.1 Å². The summed E-state index contributed by atoms with van der Waals surface area (Å²) < 4.78 is 15.4. The molecule has 0 fully saturated rings. The van der Waals surface area contributed by atoms with E-state index >= 15 is 0 Å². The van der Waals surface area contributed by atoms with E-state index in [1.54, 1.807) is 18.3 Å². The maximum atomic E-state index is 13.4. The van der Waals surface area contributed by atoms with Crippen LogP contribution in [0, 0.1) is 5.82 Å². The van der Waals surface area contributed by atoms with Gasteiger partial charge in [-0.3, -0.25) is 0 Å². The molecule has 1 heterocycles. The first-order chi connectivity index (χ1) is 8.26. The van der Waals surface area contributed by atoms with Crippen LogP contribution in [0.15, 0.2) is 30.6 Å². The smallest absolute Gasteiger partial charge is 0.140 e. The molecule has 0 saturated heterocycles. The fourth-order valence-electron chi connectivity index (χ4n) is 1.91. The van der Waals surface area contributed by atoms with Gasteiger partial charge < -0.3 is 9.88 Å². The second-order valence-electron chi connectivity index (χ2n) is 3.87. The van der Waals surface area contributed by atoms with E-state index in [-0.39, 0.29) is 5.82 Å². The van der Waals surface area contributed by atoms with Crippen LogP contribution >= 0.6 is 0 Å². The highest BCUT2D eigenvalue weighted by Crippen LogP contribution is 2.23. The molecule has 2 rings (SSSR count). The van der Waals surface area contributed by atoms with Crippen LogP contribution in [0.2, 0.25) is 0 Å². The molecule has 4 heteroatoms. The molecule has 0 aliphatic heterocycles. The third kappa shape index (κ3) is 2.36. The molecule has 0 saturated carbocycles. The minimum Gasteiger partial charge on any atom is -0.331 e. The summed E-state index contributed by atoms with van der Waals surface area (Å²) in [4.78, 5) is 4.31. The molecule has 0 aliphatic carbocycles. The molecule has 1 aromatic heterocycles. The average Bonchev–Trinajstić information content (AvgIpc) is 2.79. The van der Waals surface area contributed by atoms with E-state index < -0.39 is 0 Å². The minimum atomic E-state index is -0.231. The van der Waals surface area contributed by atoms with Crippen molar-refractivity contribution in [3.63, 3.8) is 0 Å². The number of nitrogens with one attached hydrogen (secondary N) is 1. The van der Waals surface area contributed by atoms with Gasteiger partial charge in [0.2, 0.25) is 0 Å². The first kappa shape index (κ1) is 11.8. The summed E-state index contributed by atoms with van der Waals surface area (Å²) in [6.07, 6.45) is 3.65. The predicted molar refractivity (Wildman–Crippen MR) is 66.1 cm³/mol. The predicted octanol–water partition coefficient (Wildman–Crippen LogP) is 2.43. The van der Waals surface area contributed by atoms with Gasteiger partial charge in [0.25, 0.3) is 0 Å². The van der Waals surface area contributed by atoms with Gasteiger partial charge >= 0.3 is 0 Å². The maximum absolute atomic E-state index is 13.4. The van der Waals surface area contributed by atoms with Gasteiger partial charge in [-0.2, -0.15) is 0 Å². The average molecular weight is 233 g/mol. The SMILES string of the molecule is CCn1ccnc1-c1cc(F)ccc1CNC. The molecule has 0 aliphatic rings. The maximum Gasteiger partial charge on any atom is 0.140 e. The van der Waals surface area contributed by atoms with Crippen LogP contribution in [0.1, 0.15) is 12.5 Å². The molecule has 0 atom stereocenters. The lowest BCUT2D eigenvalue weighted by molar-refractivity contribution is 0.626. The fraction of sp³-hybridized carbons (Fsp3) is 0.308. The number of hydrogen-bond acceptors (Lipinski definition) is 2. The molecule has 0 spiro atoms. The summed E-state index contributed by atoms with van der Waals surface area (Å²) in [6, 6.07) is 4.83. The molecule has 90 valence electrons. The Morgan fingerprint density at radius 2 is 2.24 bits per heavy atom. The fourth-order valence-corrected chi connectivity index (χ4v) is 1.91. The number of aryl methyl sites for hydroxylation is 1. The van der Waals surface area contributed by atoms with E-state index in [9.17, 15) is 4.39 Å². The normalized spacial score (nSPS) is 10.8. The monoisotopic (exact) mass is 233 g/mol. The largest absolute Gasteiger partial charge is 0.331 e. The lowest BCUT2D eigenvalue weighted by Crippen LogP contribution is -2.08. The van der Waals surface area contributed by atoms with Gasteiger partial charge in [-0.15, -0.1) is 0 Å². The van der Waals surface area contributed by atoms with Crippen molar-refractivity contribution >= 4 is 0 Å². The summed E-state index contributed by atoms with van der Waals surface area (Å²) >= 11 is 0. The Morgan fingerprint density at radius 1 is 1.41 bits per heavy atom. The molecular formula is C13H16FN3. The number of rotatable bonds is 4. The lowest BCUT2D eigenvalue weighted by Gasteiger charge is -2.10. The zero-order chi connectivity index (χ0) is 12.3. The van der Waals surface area contributed by atoms with Crippen molar-refractivity contribution in [3.05, 3.63) is 42.0 Å². The molecule has 3 nitrogen and oxygen atoms in total. The molecule has 1 aromatic carbocycles. The summed E-state index contributed by atoms with van der Waals surface area (Å²) in [5.41, 5.74) is 1.90. The van der Waals surface area contributed by atoms with Gasteiger partial charge in [0.15, 0.2) is 0 Å². The van der Waals surface area contributed by atoms with Crippen molar-refractivity contribution in [2.24, 2.45) is 0 Å². The van der Waals surface area contributed by atoms with Crippen LogP contribution in [0.5, 0.6) is 0 Å². The van der Waals surface area contributed by atoms with Gasteiger partial charge in [-0.05, 0) is 31.7 Å². The van der Waals surface area contributed by atoms with Gasteiger partial charge in [0.1, 0.15) is 11.6 Å². The summed E-state index contributed by atoms with van der Waals surface area (Å²) in [5, 5.41) is 3.08. The number of aromatic nitrogens is 2. The Kier molecular flexibility index (Phi) is 3.54. The van der Waals surface area contributed by atoms with E-state index in [0.29, 0.717) is 6.54 Å². The van der Waals surface area contributed by atoms with Crippen molar-refractivity contribution in [1.29, 1.82) is 0 Å². The van der Waals surface area contributed by atoms with E-state index in [4.69, 9.17) is 0 Å². The highest BCUT2D eigenvalue weighted by atomic mass is 19.1. The van der Waals surface area contributed by atoms with Crippen molar-refractivity contribution in [2.45, 2.75) is 20.0 Å². The van der Waals surface area contributed by atoms with Gasteiger partial charge in [0, 0.05) is 31.0 Å². The van der Waals surface area contributed by atoms with Crippen molar-refractivity contribution < 1.29 is 4.39 Å². The first-order valence-electron chi connectivity index (χ1n) is 5.70. The summed E-state index contributed by atoms with van der Waals surface area (Å²) in [7, 11) is 1.87. The number of halogens is 1. The number of imidazole rings is 1. The van der Waals surface area contributed by atoms with Crippen molar-refractivity contribution in [3.8, 4) is 11.4 Å². The second-order valence-corrected chi connectivity index (χ2v) is 3.87. The quantitative estimate of drug-likeness (QED) is 0.879. The van der Waals surface area contributed by atoms with E-state index in [0.717, 1.165) is 23.5 Å². The Hall–Kier alpha value is -1.68. The Balaban J connectivity index is 2.52. The molecule has 0 amide bonds. The topological polar surface area (TPSA) is 29.9 Å². The first-order valence-corrected chi connectivity index (χ1v) is 5.70. The highest BCUT2D eigenvalue weighted by Gasteiger charge is 2.10. The Morgan fingerprint density at radius 3 is 2.94 bits per heavy atom. The van der Waals surface area contributed by atoms with Crippen LogP contribution in [0.4, 0.5) is 4.39 Å². The third-order valence-electron chi connectivity index (χ3n) is 2.74. The van der Waals surface area contributed by atoms with Crippen LogP contribution in [0.25, 0.3) is 11.4 Å². The third-order valence-corrected chi connectivity index (χ3v) is 2.74. The lowest BCUT2D eigenvalue weighted by atomic mass is 10.1. The molecule has 2 aromatic rings. The van der Waals surface area contributed by atoms with E-state index in [2.05, 4.69) is 10.3 Å². The van der Waals surface area contributed by atoms with Crippen molar-refractivity contribution in [1.82, 2.24) is 14.9 Å². The van der Waals surface area contributed by atoms with Crippen LogP contribution in [-0.4, -0.2) is 16.6 Å². The highest BCUT2D eigenvalue weighted by molar-refractivity contribution is 5.61. The standard InChI is InChI=1S/C13H16FN3/c1-3-17-7-6-16-13(17)12-8-11(14)5-4-10(12)9-15-2/h4-8,15H,3,9H2,1-2H3. The number of nitrogens with zero attached hydrogens (tertiary/aromatic N) is 2. The molecule has 0 bridgehead atoms. The molecule has 0 radical (unpaired) electrons. The molecule has 0 unspecified atom stereocenters. The van der Waals surface area contributed by atoms with Gasteiger partial charge in [-0.1, -0.05) is 6.07 Å². The molecule has 1 N–H and O–H groups in total. The minimum absolute atomic E-state index is 0.231. The summed E-state index contributed by atoms with van der Waals surface area (Å²) in [6.45, 7) is 3.57. The van der Waals surface area contributed by atoms with Gasteiger partial charge in [-0.25, -0.2) is 9.37 Å². The zero-order valence-electron chi connectivity index (χ0n) is 10.1. The zero-order valence-corrected chi connectivity index (χ0v) is 10.1. The van der Waals surface area contributed by atoms with Crippen LogP contribution < -0.4 is 5.32 Å². The Labute approximate surface area is 100 Å². The number of benzene rings is 1. The second kappa shape index (κ2) is 5.10. The van der Waals surface area contributed by atoms with Crippen molar-refractivity contribution in [2.75, 3.05) is 7.05 Å².